The molecule has 3 heterocycles. The quantitative estimate of drug-likeness (QED) is 0.727. The Morgan fingerprint density at radius 2 is 2.00 bits per heavy atom. The Balaban J connectivity index is 2.28. The van der Waals surface area contributed by atoms with Crippen molar-refractivity contribution in [3.05, 3.63) is 52.9 Å². The highest BCUT2D eigenvalue weighted by molar-refractivity contribution is 6.07. The van der Waals surface area contributed by atoms with E-state index in [-0.39, 0.29) is 11.9 Å². The maximum atomic E-state index is 13.2. The minimum atomic E-state index is -0.124. The van der Waals surface area contributed by atoms with E-state index in [1.807, 2.05) is 59.0 Å². The monoisotopic (exact) mass is 323 g/mol. The van der Waals surface area contributed by atoms with E-state index in [9.17, 15) is 4.79 Å². The molecule has 0 aliphatic carbocycles. The van der Waals surface area contributed by atoms with Crippen LogP contribution in [-0.2, 0) is 7.05 Å². The summed E-state index contributed by atoms with van der Waals surface area (Å²) in [5, 5.41) is 5.20. The van der Waals surface area contributed by atoms with Crippen LogP contribution in [0, 0.1) is 13.8 Å². The van der Waals surface area contributed by atoms with Crippen molar-refractivity contribution in [2.24, 2.45) is 12.0 Å². The summed E-state index contributed by atoms with van der Waals surface area (Å²) in [7, 11) is 1.84. The molecule has 3 aromatic rings. The van der Waals surface area contributed by atoms with Crippen molar-refractivity contribution in [2.45, 2.75) is 33.7 Å². The Morgan fingerprint density at radius 1 is 1.25 bits per heavy atom. The Morgan fingerprint density at radius 3 is 2.71 bits per heavy atom. The van der Waals surface area contributed by atoms with Gasteiger partial charge >= 0.3 is 0 Å². The molecule has 6 heteroatoms. The lowest BCUT2D eigenvalue weighted by atomic mass is 10.1. The largest absolute Gasteiger partial charge is 0.268 e. The first-order valence-electron chi connectivity index (χ1n) is 7.95. The third-order valence-electron chi connectivity index (χ3n) is 3.77. The van der Waals surface area contributed by atoms with Gasteiger partial charge in [0.1, 0.15) is 5.49 Å². The van der Waals surface area contributed by atoms with Crippen LogP contribution < -0.4 is 5.49 Å². The van der Waals surface area contributed by atoms with E-state index >= 15 is 0 Å². The van der Waals surface area contributed by atoms with Crippen LogP contribution in [-0.4, -0.2) is 31.3 Å². The zero-order valence-electron chi connectivity index (χ0n) is 14.6. The standard InChI is InChI=1S/C18H21N5O/c1-11(2)19-15-8-6-7-9-23(15)18(24)14-10-12(3)20-17-16(14)13(4)21-22(17)5/h6-11H,1-5H3. The van der Waals surface area contributed by atoms with Crippen molar-refractivity contribution in [1.82, 2.24) is 19.3 Å². The maximum Gasteiger partial charge on any atom is 0.264 e. The number of pyridine rings is 2. The Bertz CT molecular complexity index is 994. The molecule has 0 unspecified atom stereocenters. The fraction of sp³-hybridized carbons (Fsp3) is 0.333. The fourth-order valence-electron chi connectivity index (χ4n) is 2.84. The van der Waals surface area contributed by atoms with E-state index in [0.29, 0.717) is 11.1 Å². The molecule has 0 spiro atoms. The van der Waals surface area contributed by atoms with Crippen molar-refractivity contribution in [2.75, 3.05) is 0 Å². The summed E-state index contributed by atoms with van der Waals surface area (Å²) in [4.78, 5) is 22.3. The van der Waals surface area contributed by atoms with Crippen LogP contribution in [0.15, 0.2) is 35.5 Å². The minimum Gasteiger partial charge on any atom is -0.268 e. The smallest absolute Gasteiger partial charge is 0.264 e. The zero-order valence-corrected chi connectivity index (χ0v) is 14.6. The molecule has 0 amide bonds. The van der Waals surface area contributed by atoms with E-state index < -0.39 is 0 Å². The van der Waals surface area contributed by atoms with Crippen LogP contribution in [0.3, 0.4) is 0 Å². The van der Waals surface area contributed by atoms with Gasteiger partial charge in [-0.15, -0.1) is 0 Å². The van der Waals surface area contributed by atoms with Gasteiger partial charge in [0.05, 0.1) is 16.6 Å². The van der Waals surface area contributed by atoms with Gasteiger partial charge in [0.2, 0.25) is 0 Å². The molecule has 24 heavy (non-hydrogen) atoms. The molecule has 0 aliphatic heterocycles. The van der Waals surface area contributed by atoms with Crippen molar-refractivity contribution in [1.29, 1.82) is 0 Å². The van der Waals surface area contributed by atoms with E-state index in [1.165, 1.54) is 0 Å². The summed E-state index contributed by atoms with van der Waals surface area (Å²) in [5.41, 5.74) is 3.53. The first-order chi connectivity index (χ1) is 11.4. The molecule has 3 aromatic heterocycles. The van der Waals surface area contributed by atoms with Gasteiger partial charge in [-0.2, -0.15) is 5.10 Å². The third-order valence-corrected chi connectivity index (χ3v) is 3.77. The summed E-state index contributed by atoms with van der Waals surface area (Å²) in [6, 6.07) is 7.48. The molecule has 0 fully saturated rings. The maximum absolute atomic E-state index is 13.2. The van der Waals surface area contributed by atoms with E-state index in [0.717, 1.165) is 22.4 Å². The number of carbonyl (C=O) groups is 1. The number of carbonyl (C=O) groups excluding carboxylic acids is 1. The van der Waals surface area contributed by atoms with Crippen LogP contribution in [0.5, 0.6) is 0 Å². The normalized spacial score (nSPS) is 12.3. The number of fused-ring (bicyclic) bond motifs is 1. The van der Waals surface area contributed by atoms with Crippen LogP contribution in [0.1, 0.15) is 35.6 Å². The Labute approximate surface area is 140 Å². The number of hydrogen-bond donors (Lipinski definition) is 0. The molecule has 0 saturated carbocycles. The predicted molar refractivity (Wildman–Crippen MR) is 92.8 cm³/mol. The molecular formula is C18H21N5O. The van der Waals surface area contributed by atoms with Gasteiger partial charge in [-0.3, -0.25) is 19.0 Å². The van der Waals surface area contributed by atoms with E-state index in [2.05, 4.69) is 15.1 Å². The Kier molecular flexibility index (Phi) is 4.05. The summed E-state index contributed by atoms with van der Waals surface area (Å²) < 4.78 is 3.30. The molecular weight excluding hydrogens is 302 g/mol. The average molecular weight is 323 g/mol. The summed E-state index contributed by atoms with van der Waals surface area (Å²) in [5.74, 6) is -0.124. The first-order valence-corrected chi connectivity index (χ1v) is 7.95. The number of hydrogen-bond acceptors (Lipinski definition) is 4. The highest BCUT2D eigenvalue weighted by Crippen LogP contribution is 2.22. The summed E-state index contributed by atoms with van der Waals surface area (Å²) >= 11 is 0. The molecule has 0 saturated heterocycles. The minimum absolute atomic E-state index is 0.103. The molecule has 0 aromatic carbocycles. The SMILES string of the molecule is Cc1cc(C(=O)n2ccccc2=NC(C)C)c2c(C)nn(C)c2n1. The topological polar surface area (TPSA) is 65.1 Å². The molecule has 0 N–H and O–H groups in total. The van der Waals surface area contributed by atoms with Crippen molar-refractivity contribution in [3.63, 3.8) is 0 Å². The summed E-state index contributed by atoms with van der Waals surface area (Å²) in [6.07, 6.45) is 1.75. The first kappa shape index (κ1) is 16.1. The summed E-state index contributed by atoms with van der Waals surface area (Å²) in [6.45, 7) is 7.75. The molecule has 3 rings (SSSR count). The van der Waals surface area contributed by atoms with Crippen molar-refractivity contribution >= 4 is 16.9 Å². The molecule has 0 bridgehead atoms. The number of rotatable bonds is 2. The fourth-order valence-corrected chi connectivity index (χ4v) is 2.84. The third kappa shape index (κ3) is 2.75. The van der Waals surface area contributed by atoms with Gasteiger partial charge in [-0.05, 0) is 45.9 Å². The van der Waals surface area contributed by atoms with Crippen LogP contribution in [0.4, 0.5) is 0 Å². The highest BCUT2D eigenvalue weighted by atomic mass is 16.2. The highest BCUT2D eigenvalue weighted by Gasteiger charge is 2.19. The van der Waals surface area contributed by atoms with Gasteiger partial charge in [-0.1, -0.05) is 6.07 Å². The number of aromatic nitrogens is 4. The van der Waals surface area contributed by atoms with Gasteiger partial charge in [-0.25, -0.2) is 4.98 Å². The van der Waals surface area contributed by atoms with Gasteiger partial charge in [0.15, 0.2) is 5.65 Å². The number of nitrogens with zero attached hydrogens (tertiary/aromatic N) is 5. The molecule has 124 valence electrons. The Hall–Kier alpha value is -2.76. The lowest BCUT2D eigenvalue weighted by molar-refractivity contribution is 0.0956. The second-order valence-electron chi connectivity index (χ2n) is 6.18. The predicted octanol–water partition coefficient (Wildman–Crippen LogP) is 2.38. The molecule has 0 radical (unpaired) electrons. The van der Waals surface area contributed by atoms with Gasteiger partial charge in [0, 0.05) is 25.0 Å². The van der Waals surface area contributed by atoms with E-state index in [1.54, 1.807) is 15.4 Å². The van der Waals surface area contributed by atoms with Crippen molar-refractivity contribution < 1.29 is 4.79 Å². The van der Waals surface area contributed by atoms with Crippen molar-refractivity contribution in [3.8, 4) is 0 Å². The van der Waals surface area contributed by atoms with Crippen LogP contribution >= 0.6 is 0 Å². The lowest BCUT2D eigenvalue weighted by Gasteiger charge is -2.09. The molecule has 0 aliphatic rings. The van der Waals surface area contributed by atoms with E-state index in [4.69, 9.17) is 0 Å². The average Bonchev–Trinajstić information content (AvgIpc) is 2.80. The second kappa shape index (κ2) is 6.03. The second-order valence-corrected chi connectivity index (χ2v) is 6.18. The zero-order chi connectivity index (χ0) is 17.4. The number of aryl methyl sites for hydroxylation is 3. The van der Waals surface area contributed by atoms with Gasteiger partial charge < -0.3 is 0 Å². The molecule has 0 atom stereocenters. The van der Waals surface area contributed by atoms with Crippen LogP contribution in [0.25, 0.3) is 11.0 Å². The van der Waals surface area contributed by atoms with Gasteiger partial charge in [0.25, 0.3) is 5.91 Å². The lowest BCUT2D eigenvalue weighted by Crippen LogP contribution is -2.28. The van der Waals surface area contributed by atoms with Crippen LogP contribution in [0.2, 0.25) is 0 Å². The molecule has 6 nitrogen and oxygen atoms in total.